The molecule has 5 heteroatoms. The first kappa shape index (κ1) is 19.7. The number of nitrogens with zero attached hydrogens (tertiary/aromatic N) is 1. The van der Waals surface area contributed by atoms with Crippen LogP contribution >= 0.6 is 12.2 Å². The third kappa shape index (κ3) is 5.02. The van der Waals surface area contributed by atoms with E-state index in [9.17, 15) is 4.79 Å². The van der Waals surface area contributed by atoms with E-state index in [0.717, 1.165) is 27.8 Å². The van der Waals surface area contributed by atoms with Crippen LogP contribution in [-0.4, -0.2) is 16.0 Å². The van der Waals surface area contributed by atoms with Gasteiger partial charge in [-0.2, -0.15) is 0 Å². The number of rotatable bonds is 4. The van der Waals surface area contributed by atoms with E-state index in [0.29, 0.717) is 5.92 Å². The maximum Gasteiger partial charge on any atom is 0.250 e. The molecule has 0 aliphatic carbocycles. The second-order valence-electron chi connectivity index (χ2n) is 6.92. The number of nitrogens with one attached hydrogen (secondary N) is 2. The number of carbonyl (C=O) groups is 1. The molecule has 0 atom stereocenters. The number of thiocarbonyl (C=S) groups is 1. The Morgan fingerprint density at radius 2 is 1.82 bits per heavy atom. The van der Waals surface area contributed by atoms with Crippen molar-refractivity contribution in [1.82, 2.24) is 10.3 Å². The minimum Gasteiger partial charge on any atom is -0.332 e. The summed E-state index contributed by atoms with van der Waals surface area (Å²) >= 11 is 5.28. The molecule has 4 nitrogen and oxygen atoms in total. The molecule has 0 aliphatic heterocycles. The number of hydrogen-bond acceptors (Lipinski definition) is 3. The van der Waals surface area contributed by atoms with Gasteiger partial charge in [-0.1, -0.05) is 44.2 Å². The van der Waals surface area contributed by atoms with Gasteiger partial charge in [0.05, 0.1) is 5.52 Å². The van der Waals surface area contributed by atoms with E-state index in [1.165, 1.54) is 11.6 Å². The second-order valence-corrected chi connectivity index (χ2v) is 7.33. The van der Waals surface area contributed by atoms with Gasteiger partial charge in [-0.15, -0.1) is 0 Å². The summed E-state index contributed by atoms with van der Waals surface area (Å²) in [5, 5.41) is 6.96. The SMILES string of the molecule is Cc1ccc2c(NC(=S)NC(=O)/C=C/c3ccc(C(C)C)cc3)cccc2n1. The molecule has 0 unspecified atom stereocenters. The fraction of sp³-hybridized carbons (Fsp3) is 0.174. The molecule has 0 fully saturated rings. The summed E-state index contributed by atoms with van der Waals surface area (Å²) in [4.78, 5) is 16.7. The molecule has 1 amide bonds. The van der Waals surface area contributed by atoms with Crippen LogP contribution in [-0.2, 0) is 4.79 Å². The first-order chi connectivity index (χ1) is 13.4. The zero-order valence-corrected chi connectivity index (χ0v) is 17.0. The van der Waals surface area contributed by atoms with Crippen molar-refractivity contribution < 1.29 is 4.79 Å². The molecule has 0 saturated heterocycles. The van der Waals surface area contributed by atoms with Crippen LogP contribution in [0.3, 0.4) is 0 Å². The Kier molecular flexibility index (Phi) is 6.16. The minimum atomic E-state index is -0.278. The van der Waals surface area contributed by atoms with E-state index in [1.54, 1.807) is 6.08 Å². The Balaban J connectivity index is 1.62. The zero-order chi connectivity index (χ0) is 20.1. The molecule has 0 spiro atoms. The van der Waals surface area contributed by atoms with Crippen LogP contribution < -0.4 is 10.6 Å². The molecular weight excluding hydrogens is 366 g/mol. The Morgan fingerprint density at radius 3 is 2.54 bits per heavy atom. The number of amides is 1. The van der Waals surface area contributed by atoms with Gasteiger partial charge in [-0.3, -0.25) is 15.1 Å². The molecule has 2 aromatic carbocycles. The lowest BCUT2D eigenvalue weighted by Gasteiger charge is -2.11. The highest BCUT2D eigenvalue weighted by atomic mass is 32.1. The number of anilines is 1. The van der Waals surface area contributed by atoms with Crippen molar-refractivity contribution in [1.29, 1.82) is 0 Å². The molecule has 3 aromatic rings. The van der Waals surface area contributed by atoms with Gasteiger partial charge in [0.2, 0.25) is 5.91 Å². The lowest BCUT2D eigenvalue weighted by Crippen LogP contribution is -2.32. The van der Waals surface area contributed by atoms with Crippen LogP contribution in [0.25, 0.3) is 17.0 Å². The van der Waals surface area contributed by atoms with E-state index in [4.69, 9.17) is 12.2 Å². The lowest BCUT2D eigenvalue weighted by molar-refractivity contribution is -0.115. The quantitative estimate of drug-likeness (QED) is 0.476. The van der Waals surface area contributed by atoms with E-state index in [1.807, 2.05) is 49.4 Å². The predicted molar refractivity (Wildman–Crippen MR) is 120 cm³/mol. The number of benzene rings is 2. The summed E-state index contributed by atoms with van der Waals surface area (Å²) in [6, 6.07) is 17.8. The molecular formula is C23H23N3OS. The molecule has 28 heavy (non-hydrogen) atoms. The molecule has 142 valence electrons. The number of carbonyl (C=O) groups excluding carboxylic acids is 1. The second kappa shape index (κ2) is 8.76. The maximum atomic E-state index is 12.2. The normalized spacial score (nSPS) is 11.1. The molecule has 3 rings (SSSR count). The molecule has 0 bridgehead atoms. The molecule has 1 aromatic heterocycles. The summed E-state index contributed by atoms with van der Waals surface area (Å²) in [7, 11) is 0. The maximum absolute atomic E-state index is 12.2. The number of aryl methyl sites for hydroxylation is 1. The van der Waals surface area contributed by atoms with E-state index in [-0.39, 0.29) is 11.0 Å². The van der Waals surface area contributed by atoms with Crippen molar-refractivity contribution >= 4 is 45.9 Å². The van der Waals surface area contributed by atoms with Crippen LogP contribution in [0.4, 0.5) is 5.69 Å². The first-order valence-corrected chi connectivity index (χ1v) is 9.59. The summed E-state index contributed by atoms with van der Waals surface area (Å²) in [5.41, 5.74) is 4.88. The van der Waals surface area contributed by atoms with Gasteiger partial charge in [-0.25, -0.2) is 0 Å². The Bertz CT molecular complexity index is 1040. The Labute approximate surface area is 170 Å². The van der Waals surface area contributed by atoms with Gasteiger partial charge in [-0.05, 0) is 66.5 Å². The predicted octanol–water partition coefficient (Wildman–Crippen LogP) is 5.19. The number of aromatic nitrogens is 1. The van der Waals surface area contributed by atoms with Crippen molar-refractivity contribution in [3.63, 3.8) is 0 Å². The minimum absolute atomic E-state index is 0.248. The van der Waals surface area contributed by atoms with Crippen LogP contribution in [0.5, 0.6) is 0 Å². The topological polar surface area (TPSA) is 54.0 Å². The summed E-state index contributed by atoms with van der Waals surface area (Å²) in [6.45, 7) is 6.26. The van der Waals surface area contributed by atoms with Crippen LogP contribution in [0.15, 0.2) is 60.7 Å². The van der Waals surface area contributed by atoms with Gasteiger partial charge < -0.3 is 5.32 Å². The van der Waals surface area contributed by atoms with Crippen LogP contribution in [0, 0.1) is 6.92 Å². The zero-order valence-electron chi connectivity index (χ0n) is 16.2. The summed E-state index contributed by atoms with van der Waals surface area (Å²) in [6.07, 6.45) is 3.25. The lowest BCUT2D eigenvalue weighted by atomic mass is 10.0. The number of fused-ring (bicyclic) bond motifs is 1. The molecule has 0 saturated carbocycles. The molecule has 0 aliphatic rings. The van der Waals surface area contributed by atoms with Crippen molar-refractivity contribution in [2.45, 2.75) is 26.7 Å². The van der Waals surface area contributed by atoms with E-state index >= 15 is 0 Å². The van der Waals surface area contributed by atoms with Gasteiger partial charge >= 0.3 is 0 Å². The van der Waals surface area contributed by atoms with E-state index in [2.05, 4.69) is 41.6 Å². The first-order valence-electron chi connectivity index (χ1n) is 9.19. The average Bonchev–Trinajstić information content (AvgIpc) is 2.66. The van der Waals surface area contributed by atoms with Gasteiger partial charge in [0.25, 0.3) is 0 Å². The molecule has 1 heterocycles. The monoisotopic (exact) mass is 389 g/mol. The molecule has 2 N–H and O–H groups in total. The Morgan fingerprint density at radius 1 is 1.07 bits per heavy atom. The Hall–Kier alpha value is -3.05. The van der Waals surface area contributed by atoms with Crippen molar-refractivity contribution in [2.75, 3.05) is 5.32 Å². The fourth-order valence-corrected chi connectivity index (χ4v) is 3.05. The van der Waals surface area contributed by atoms with Gasteiger partial charge in [0.1, 0.15) is 0 Å². The largest absolute Gasteiger partial charge is 0.332 e. The third-order valence-electron chi connectivity index (χ3n) is 4.39. The van der Waals surface area contributed by atoms with E-state index < -0.39 is 0 Å². The average molecular weight is 390 g/mol. The van der Waals surface area contributed by atoms with Gasteiger partial charge in [0, 0.05) is 22.8 Å². The highest BCUT2D eigenvalue weighted by Crippen LogP contribution is 2.22. The fourth-order valence-electron chi connectivity index (χ4n) is 2.84. The summed E-state index contributed by atoms with van der Waals surface area (Å²) in [5.74, 6) is 0.206. The number of hydrogen-bond donors (Lipinski definition) is 2. The van der Waals surface area contributed by atoms with Crippen molar-refractivity contribution in [2.24, 2.45) is 0 Å². The highest BCUT2D eigenvalue weighted by Gasteiger charge is 2.06. The van der Waals surface area contributed by atoms with Crippen LogP contribution in [0.1, 0.15) is 36.6 Å². The van der Waals surface area contributed by atoms with Gasteiger partial charge in [0.15, 0.2) is 5.11 Å². The highest BCUT2D eigenvalue weighted by molar-refractivity contribution is 7.80. The number of pyridine rings is 1. The smallest absolute Gasteiger partial charge is 0.250 e. The van der Waals surface area contributed by atoms with Crippen molar-refractivity contribution in [3.8, 4) is 0 Å². The molecule has 0 radical (unpaired) electrons. The summed E-state index contributed by atoms with van der Waals surface area (Å²) < 4.78 is 0. The van der Waals surface area contributed by atoms with Crippen molar-refractivity contribution in [3.05, 3.63) is 77.5 Å². The standard InChI is InChI=1S/C23H23N3OS/c1-15(2)18-11-8-17(9-12-18)10-14-22(27)26-23(28)25-21-6-4-5-20-19(21)13-7-16(3)24-20/h4-15H,1-3H3,(H2,25,26,27,28)/b14-10+. The third-order valence-corrected chi connectivity index (χ3v) is 4.59. The van der Waals surface area contributed by atoms with Crippen LogP contribution in [0.2, 0.25) is 0 Å².